The summed E-state index contributed by atoms with van der Waals surface area (Å²) in [5, 5.41) is 16.5. The number of nitrogens with one attached hydrogen (secondary N) is 1. The number of hydrogen-bond donors (Lipinski definition) is 2. The smallest absolute Gasteiger partial charge is 0.235 e. The second-order valence-corrected chi connectivity index (χ2v) is 9.00. The second-order valence-electron chi connectivity index (χ2n) is 6.82. The summed E-state index contributed by atoms with van der Waals surface area (Å²) in [5.74, 6) is -0.682. The van der Waals surface area contributed by atoms with Gasteiger partial charge in [0, 0.05) is 6.54 Å². The minimum absolute atomic E-state index is 0.0377. The molecule has 2 aromatic rings. The van der Waals surface area contributed by atoms with Crippen molar-refractivity contribution in [1.82, 2.24) is 15.1 Å². The molecule has 1 heterocycles. The van der Waals surface area contributed by atoms with Crippen molar-refractivity contribution in [3.8, 4) is 11.8 Å². The van der Waals surface area contributed by atoms with Gasteiger partial charge in [0.25, 0.3) is 0 Å². The molecular formula is C20H27N5O3S. The Morgan fingerprint density at radius 2 is 1.97 bits per heavy atom. The van der Waals surface area contributed by atoms with Crippen molar-refractivity contribution >= 4 is 21.6 Å². The number of benzene rings is 1. The van der Waals surface area contributed by atoms with Crippen molar-refractivity contribution in [1.29, 1.82) is 5.26 Å². The van der Waals surface area contributed by atoms with Crippen LogP contribution in [0.25, 0.3) is 5.69 Å². The first kappa shape index (κ1) is 22.4. The summed E-state index contributed by atoms with van der Waals surface area (Å²) in [7, 11) is -3.37. The quantitative estimate of drug-likeness (QED) is 0.538. The van der Waals surface area contributed by atoms with E-state index in [1.54, 1.807) is 0 Å². The molecule has 0 aliphatic heterocycles. The first-order chi connectivity index (χ1) is 13.9. The predicted octanol–water partition coefficient (Wildman–Crippen LogP) is 1.98. The Bertz CT molecular complexity index is 962. The minimum Gasteiger partial charge on any atom is -0.382 e. The maximum atomic E-state index is 11.9. The zero-order chi connectivity index (χ0) is 21.3. The zero-order valence-corrected chi connectivity index (χ0v) is 17.4. The largest absolute Gasteiger partial charge is 0.382 e. The van der Waals surface area contributed by atoms with E-state index in [1.807, 2.05) is 37.3 Å². The van der Waals surface area contributed by atoms with Crippen LogP contribution in [0.1, 0.15) is 43.9 Å². The number of amides is 1. The van der Waals surface area contributed by atoms with Gasteiger partial charge in [-0.25, -0.2) is 13.1 Å². The molecular weight excluding hydrogens is 390 g/mol. The Morgan fingerprint density at radius 3 is 2.62 bits per heavy atom. The normalized spacial score (nSPS) is 11.2. The van der Waals surface area contributed by atoms with Crippen LogP contribution in [0.15, 0.2) is 30.3 Å². The summed E-state index contributed by atoms with van der Waals surface area (Å²) in [6, 6.07) is 11.4. The number of anilines is 1. The topological polar surface area (TPSA) is 131 Å². The minimum atomic E-state index is -3.37. The number of carbonyl (C=O) groups excluding carboxylic acids is 1. The van der Waals surface area contributed by atoms with Crippen molar-refractivity contribution in [2.24, 2.45) is 0 Å². The molecule has 29 heavy (non-hydrogen) atoms. The van der Waals surface area contributed by atoms with Crippen LogP contribution in [0.5, 0.6) is 0 Å². The number of unbranched alkanes of at least 4 members (excludes halogenated alkanes) is 2. The van der Waals surface area contributed by atoms with Crippen LogP contribution in [0.4, 0.5) is 5.82 Å². The number of nitrogen functional groups attached to an aromatic ring is 1. The molecule has 0 aliphatic carbocycles. The summed E-state index contributed by atoms with van der Waals surface area (Å²) in [4.78, 5) is 11.9. The van der Waals surface area contributed by atoms with Gasteiger partial charge in [-0.15, -0.1) is 0 Å². The Balaban J connectivity index is 1.88. The lowest BCUT2D eigenvalue weighted by atomic mass is 10.1. The SMILES string of the molecule is CCCCCS(=O)(=O)CC(=O)NCCCc1nn(-c2ccccc2)c(N)c1C#N. The Morgan fingerprint density at radius 1 is 1.24 bits per heavy atom. The fourth-order valence-electron chi connectivity index (χ4n) is 2.92. The number of para-hydroxylation sites is 1. The highest BCUT2D eigenvalue weighted by atomic mass is 32.2. The van der Waals surface area contributed by atoms with Crippen LogP contribution in [-0.2, 0) is 21.1 Å². The lowest BCUT2D eigenvalue weighted by Gasteiger charge is -2.06. The van der Waals surface area contributed by atoms with Crippen LogP contribution in [0.2, 0.25) is 0 Å². The van der Waals surface area contributed by atoms with Crippen LogP contribution in [-0.4, -0.2) is 42.2 Å². The van der Waals surface area contributed by atoms with E-state index in [0.717, 1.165) is 18.5 Å². The fraction of sp³-hybridized carbons (Fsp3) is 0.450. The van der Waals surface area contributed by atoms with E-state index in [1.165, 1.54) is 4.68 Å². The van der Waals surface area contributed by atoms with E-state index >= 15 is 0 Å². The van der Waals surface area contributed by atoms with Gasteiger partial charge in [-0.05, 0) is 31.4 Å². The first-order valence-corrected chi connectivity index (χ1v) is 11.5. The summed E-state index contributed by atoms with van der Waals surface area (Å²) in [6.07, 6.45) is 3.30. The number of rotatable bonds is 11. The molecule has 3 N–H and O–H groups in total. The van der Waals surface area contributed by atoms with E-state index in [-0.39, 0.29) is 11.6 Å². The lowest BCUT2D eigenvalue weighted by Crippen LogP contribution is -2.32. The maximum Gasteiger partial charge on any atom is 0.235 e. The monoisotopic (exact) mass is 417 g/mol. The van der Waals surface area contributed by atoms with Crippen LogP contribution >= 0.6 is 0 Å². The van der Waals surface area contributed by atoms with Crippen molar-refractivity contribution in [3.63, 3.8) is 0 Å². The molecule has 0 unspecified atom stereocenters. The number of nitrogens with zero attached hydrogens (tertiary/aromatic N) is 3. The third-order valence-electron chi connectivity index (χ3n) is 4.43. The highest BCUT2D eigenvalue weighted by Gasteiger charge is 2.18. The van der Waals surface area contributed by atoms with Crippen molar-refractivity contribution in [3.05, 3.63) is 41.6 Å². The number of carbonyl (C=O) groups is 1. The van der Waals surface area contributed by atoms with Crippen molar-refractivity contribution in [2.45, 2.75) is 39.0 Å². The molecule has 1 aromatic carbocycles. The van der Waals surface area contributed by atoms with Gasteiger partial charge in [0.15, 0.2) is 9.84 Å². The van der Waals surface area contributed by atoms with Gasteiger partial charge >= 0.3 is 0 Å². The summed E-state index contributed by atoms with van der Waals surface area (Å²) >= 11 is 0. The van der Waals surface area contributed by atoms with E-state index in [4.69, 9.17) is 5.73 Å². The molecule has 0 saturated carbocycles. The molecule has 0 atom stereocenters. The molecule has 0 spiro atoms. The maximum absolute atomic E-state index is 11.9. The number of nitrogens with two attached hydrogens (primary N) is 1. The standard InChI is InChI=1S/C20H27N5O3S/c1-2-3-7-13-29(27,28)15-19(26)23-12-8-11-18-17(14-21)20(22)25(24-18)16-9-5-4-6-10-16/h4-6,9-10H,2-3,7-8,11-13,15,22H2,1H3,(H,23,26). The van der Waals surface area contributed by atoms with E-state index in [9.17, 15) is 18.5 Å². The zero-order valence-electron chi connectivity index (χ0n) is 16.6. The highest BCUT2D eigenvalue weighted by Crippen LogP contribution is 2.21. The van der Waals surface area contributed by atoms with E-state index in [2.05, 4.69) is 16.5 Å². The molecule has 0 fully saturated rings. The van der Waals surface area contributed by atoms with Gasteiger partial charge in [0.1, 0.15) is 23.2 Å². The lowest BCUT2D eigenvalue weighted by molar-refractivity contribution is -0.118. The average molecular weight is 418 g/mol. The number of aromatic nitrogens is 2. The summed E-state index contributed by atoms with van der Waals surface area (Å²) in [6.45, 7) is 2.29. The first-order valence-electron chi connectivity index (χ1n) is 9.68. The van der Waals surface area contributed by atoms with Crippen LogP contribution < -0.4 is 11.1 Å². The van der Waals surface area contributed by atoms with Crippen LogP contribution in [0.3, 0.4) is 0 Å². The molecule has 0 bridgehead atoms. The average Bonchev–Trinajstić information content (AvgIpc) is 3.01. The number of nitriles is 1. The Hall–Kier alpha value is -2.86. The molecule has 0 radical (unpaired) electrons. The van der Waals surface area contributed by atoms with Crippen molar-refractivity contribution < 1.29 is 13.2 Å². The van der Waals surface area contributed by atoms with E-state index < -0.39 is 21.5 Å². The Kier molecular flexibility index (Phi) is 8.21. The molecule has 0 aliphatic rings. The molecule has 9 heteroatoms. The number of hydrogen-bond acceptors (Lipinski definition) is 6. The molecule has 2 rings (SSSR count). The Labute approximate surface area is 171 Å². The highest BCUT2D eigenvalue weighted by molar-refractivity contribution is 7.92. The third kappa shape index (κ3) is 6.61. The molecule has 1 amide bonds. The molecule has 1 aromatic heterocycles. The molecule has 0 saturated heterocycles. The van der Waals surface area contributed by atoms with Gasteiger partial charge in [0.05, 0.1) is 17.1 Å². The van der Waals surface area contributed by atoms with Gasteiger partial charge in [-0.1, -0.05) is 38.0 Å². The second kappa shape index (κ2) is 10.6. The van der Waals surface area contributed by atoms with Gasteiger partial charge in [-0.2, -0.15) is 10.4 Å². The third-order valence-corrected chi connectivity index (χ3v) is 6.04. The van der Waals surface area contributed by atoms with Gasteiger partial charge < -0.3 is 11.1 Å². The van der Waals surface area contributed by atoms with Crippen molar-refractivity contribution in [2.75, 3.05) is 23.8 Å². The van der Waals surface area contributed by atoms with E-state index in [0.29, 0.717) is 37.1 Å². The predicted molar refractivity (Wildman–Crippen MR) is 112 cm³/mol. The summed E-state index contributed by atoms with van der Waals surface area (Å²) < 4.78 is 25.3. The fourth-order valence-corrected chi connectivity index (χ4v) is 4.21. The summed E-state index contributed by atoms with van der Waals surface area (Å²) in [5.41, 5.74) is 7.69. The molecule has 156 valence electrons. The van der Waals surface area contributed by atoms with Gasteiger partial charge in [0.2, 0.25) is 5.91 Å². The molecule has 8 nitrogen and oxygen atoms in total. The number of aryl methyl sites for hydroxylation is 1. The van der Waals surface area contributed by atoms with Gasteiger partial charge in [-0.3, -0.25) is 4.79 Å². The number of sulfone groups is 1. The van der Waals surface area contributed by atoms with Crippen LogP contribution in [0, 0.1) is 11.3 Å².